The van der Waals surface area contributed by atoms with E-state index in [1.54, 1.807) is 32.0 Å². The third-order valence-electron chi connectivity index (χ3n) is 4.64. The Labute approximate surface area is 153 Å². The summed E-state index contributed by atoms with van der Waals surface area (Å²) in [6.07, 6.45) is 4.02. The maximum Gasteiger partial charge on any atom is 0.239 e. The van der Waals surface area contributed by atoms with E-state index in [0.717, 1.165) is 25.7 Å². The number of hydrogen-bond donors (Lipinski definition) is 1. The van der Waals surface area contributed by atoms with Gasteiger partial charge < -0.3 is 10.2 Å². The molecule has 1 fully saturated rings. The molecular weight excluding hydrogens is 347 g/mol. The second-order valence-electron chi connectivity index (χ2n) is 6.76. The topological polar surface area (TPSA) is 49.4 Å². The normalized spacial score (nSPS) is 18.4. The van der Waals surface area contributed by atoms with Crippen LogP contribution in [0.5, 0.6) is 0 Å². The van der Waals surface area contributed by atoms with Gasteiger partial charge in [-0.1, -0.05) is 30.1 Å². The Balaban J connectivity index is 2.17. The molecule has 0 radical (unpaired) electrons. The maximum absolute atomic E-state index is 13.0. The van der Waals surface area contributed by atoms with E-state index in [1.165, 1.54) is 0 Å². The van der Waals surface area contributed by atoms with Crippen molar-refractivity contribution in [2.45, 2.75) is 52.5 Å². The van der Waals surface area contributed by atoms with E-state index in [4.69, 9.17) is 23.2 Å². The van der Waals surface area contributed by atoms with E-state index in [-0.39, 0.29) is 17.9 Å². The van der Waals surface area contributed by atoms with E-state index in [1.807, 2.05) is 4.90 Å². The van der Waals surface area contributed by atoms with E-state index in [2.05, 4.69) is 12.2 Å². The van der Waals surface area contributed by atoms with Gasteiger partial charge in [0.25, 0.3) is 0 Å². The number of anilines is 1. The number of carbonyl (C=O) groups excluding carboxylic acids is 2. The first-order valence-corrected chi connectivity index (χ1v) is 9.10. The predicted molar refractivity (Wildman–Crippen MR) is 98.5 cm³/mol. The standard InChI is InChI=1S/C18H24Cl2N2O2/c1-4-13-7-5-6-10-22(13)17(24)18(2,3)16(23)21-15-11-12(19)8-9-14(15)20/h8-9,11,13H,4-7,10H2,1-3H3,(H,21,23). The zero-order chi connectivity index (χ0) is 17.9. The Morgan fingerprint density at radius 2 is 2.00 bits per heavy atom. The summed E-state index contributed by atoms with van der Waals surface area (Å²) in [6, 6.07) is 5.06. The lowest BCUT2D eigenvalue weighted by atomic mass is 9.87. The van der Waals surface area contributed by atoms with Gasteiger partial charge >= 0.3 is 0 Å². The third kappa shape index (κ3) is 4.04. The summed E-state index contributed by atoms with van der Waals surface area (Å²) in [5, 5.41) is 3.60. The minimum atomic E-state index is -1.17. The number of nitrogens with zero attached hydrogens (tertiary/aromatic N) is 1. The largest absolute Gasteiger partial charge is 0.339 e. The van der Waals surface area contributed by atoms with Crippen molar-refractivity contribution >= 4 is 40.7 Å². The van der Waals surface area contributed by atoms with Crippen molar-refractivity contribution in [1.82, 2.24) is 4.90 Å². The van der Waals surface area contributed by atoms with Crippen molar-refractivity contribution in [3.63, 3.8) is 0 Å². The first kappa shape index (κ1) is 19.1. The van der Waals surface area contributed by atoms with Gasteiger partial charge in [-0.2, -0.15) is 0 Å². The maximum atomic E-state index is 13.0. The third-order valence-corrected chi connectivity index (χ3v) is 5.20. The van der Waals surface area contributed by atoms with E-state index in [9.17, 15) is 9.59 Å². The molecule has 2 rings (SSSR count). The SMILES string of the molecule is CCC1CCCCN1C(=O)C(C)(C)C(=O)Nc1cc(Cl)ccc1Cl. The molecule has 6 heteroatoms. The molecule has 2 amide bonds. The summed E-state index contributed by atoms with van der Waals surface area (Å²) in [6.45, 7) is 6.11. The number of piperidine rings is 1. The fraction of sp³-hybridized carbons (Fsp3) is 0.556. The summed E-state index contributed by atoms with van der Waals surface area (Å²) in [7, 11) is 0. The molecule has 1 atom stereocenters. The van der Waals surface area contributed by atoms with Gasteiger partial charge in [-0.15, -0.1) is 0 Å². The Bertz CT molecular complexity index is 631. The van der Waals surface area contributed by atoms with Crippen molar-refractivity contribution in [2.75, 3.05) is 11.9 Å². The summed E-state index contributed by atoms with van der Waals surface area (Å²) in [4.78, 5) is 27.6. The number of halogens is 2. The van der Waals surface area contributed by atoms with Crippen LogP contribution in [0.25, 0.3) is 0 Å². The highest BCUT2D eigenvalue weighted by atomic mass is 35.5. The molecule has 1 aromatic carbocycles. The van der Waals surface area contributed by atoms with Gasteiger partial charge in [0.1, 0.15) is 5.41 Å². The van der Waals surface area contributed by atoms with Crippen LogP contribution in [-0.2, 0) is 9.59 Å². The molecule has 0 saturated carbocycles. The quantitative estimate of drug-likeness (QED) is 0.777. The zero-order valence-corrected chi connectivity index (χ0v) is 15.9. The number of likely N-dealkylation sites (tertiary alicyclic amines) is 1. The molecule has 1 aliphatic rings. The summed E-state index contributed by atoms with van der Waals surface area (Å²) in [5.74, 6) is -0.512. The molecular formula is C18H24Cl2N2O2. The highest BCUT2D eigenvalue weighted by Gasteiger charge is 2.41. The summed E-state index contributed by atoms with van der Waals surface area (Å²) in [5.41, 5.74) is -0.753. The van der Waals surface area contributed by atoms with Crippen molar-refractivity contribution in [1.29, 1.82) is 0 Å². The Morgan fingerprint density at radius 1 is 1.29 bits per heavy atom. The number of nitrogens with one attached hydrogen (secondary N) is 1. The lowest BCUT2D eigenvalue weighted by Gasteiger charge is -2.39. The fourth-order valence-electron chi connectivity index (χ4n) is 3.02. The molecule has 132 valence electrons. The smallest absolute Gasteiger partial charge is 0.239 e. The Hall–Kier alpha value is -1.26. The lowest BCUT2D eigenvalue weighted by Crippen LogP contribution is -2.52. The van der Waals surface area contributed by atoms with Crippen LogP contribution in [0.15, 0.2) is 18.2 Å². The lowest BCUT2D eigenvalue weighted by molar-refractivity contribution is -0.149. The van der Waals surface area contributed by atoms with Crippen LogP contribution in [0.2, 0.25) is 10.0 Å². The van der Waals surface area contributed by atoms with Gasteiger partial charge in [0.15, 0.2) is 0 Å². The zero-order valence-electron chi connectivity index (χ0n) is 14.4. The van der Waals surface area contributed by atoms with Gasteiger partial charge in [-0.05, 0) is 57.7 Å². The van der Waals surface area contributed by atoms with E-state index >= 15 is 0 Å². The van der Waals surface area contributed by atoms with Crippen LogP contribution in [0.4, 0.5) is 5.69 Å². The van der Waals surface area contributed by atoms with Crippen molar-refractivity contribution in [3.05, 3.63) is 28.2 Å². The molecule has 1 saturated heterocycles. The molecule has 1 aliphatic heterocycles. The van der Waals surface area contributed by atoms with Gasteiger partial charge in [-0.3, -0.25) is 9.59 Å². The molecule has 0 spiro atoms. The molecule has 1 heterocycles. The van der Waals surface area contributed by atoms with Crippen LogP contribution in [-0.4, -0.2) is 29.3 Å². The minimum Gasteiger partial charge on any atom is -0.339 e. The molecule has 0 aromatic heterocycles. The van der Waals surface area contributed by atoms with Crippen LogP contribution in [0, 0.1) is 5.41 Å². The average molecular weight is 371 g/mol. The van der Waals surface area contributed by atoms with E-state index < -0.39 is 5.41 Å². The van der Waals surface area contributed by atoms with Crippen molar-refractivity contribution in [2.24, 2.45) is 5.41 Å². The second-order valence-corrected chi connectivity index (χ2v) is 7.60. The minimum absolute atomic E-state index is 0.135. The molecule has 1 N–H and O–H groups in total. The second kappa shape index (κ2) is 7.75. The number of rotatable bonds is 4. The predicted octanol–water partition coefficient (Wildman–Crippen LogP) is 4.75. The Morgan fingerprint density at radius 3 is 2.67 bits per heavy atom. The number of hydrogen-bond acceptors (Lipinski definition) is 2. The average Bonchev–Trinajstić information content (AvgIpc) is 2.57. The molecule has 0 bridgehead atoms. The Kier molecular flexibility index (Phi) is 6.16. The van der Waals surface area contributed by atoms with E-state index in [0.29, 0.717) is 22.3 Å². The molecule has 4 nitrogen and oxygen atoms in total. The van der Waals surface area contributed by atoms with Crippen LogP contribution in [0.1, 0.15) is 46.5 Å². The van der Waals surface area contributed by atoms with Gasteiger partial charge in [0, 0.05) is 17.6 Å². The van der Waals surface area contributed by atoms with Crippen LogP contribution < -0.4 is 5.32 Å². The van der Waals surface area contributed by atoms with Crippen LogP contribution >= 0.6 is 23.2 Å². The van der Waals surface area contributed by atoms with Crippen molar-refractivity contribution < 1.29 is 9.59 Å². The molecule has 24 heavy (non-hydrogen) atoms. The fourth-order valence-corrected chi connectivity index (χ4v) is 3.36. The first-order valence-electron chi connectivity index (χ1n) is 8.35. The van der Waals surface area contributed by atoms with Gasteiger partial charge in [0.05, 0.1) is 10.7 Å². The number of amides is 2. The summed E-state index contributed by atoms with van der Waals surface area (Å²) >= 11 is 12.0. The number of carbonyl (C=O) groups is 2. The highest BCUT2D eigenvalue weighted by Crippen LogP contribution is 2.30. The first-order chi connectivity index (χ1) is 11.3. The van der Waals surface area contributed by atoms with Gasteiger partial charge in [0.2, 0.25) is 11.8 Å². The van der Waals surface area contributed by atoms with Gasteiger partial charge in [-0.25, -0.2) is 0 Å². The molecule has 1 unspecified atom stereocenters. The monoisotopic (exact) mass is 370 g/mol. The van der Waals surface area contributed by atoms with Crippen molar-refractivity contribution in [3.8, 4) is 0 Å². The number of benzene rings is 1. The highest BCUT2D eigenvalue weighted by molar-refractivity contribution is 6.35. The molecule has 1 aromatic rings. The molecule has 0 aliphatic carbocycles. The van der Waals surface area contributed by atoms with Crippen LogP contribution in [0.3, 0.4) is 0 Å². The summed E-state index contributed by atoms with van der Waals surface area (Å²) < 4.78 is 0.